The van der Waals surface area contributed by atoms with Crippen molar-refractivity contribution < 1.29 is 45.5 Å². The highest BCUT2D eigenvalue weighted by atomic mass is 19.4. The molecule has 0 unspecified atom stereocenters. The summed E-state index contributed by atoms with van der Waals surface area (Å²) in [5.74, 6) is -6.23. The van der Waals surface area contributed by atoms with Crippen molar-refractivity contribution in [2.45, 2.75) is 25.2 Å². The monoisotopic (exact) mass is 606 g/mol. The van der Waals surface area contributed by atoms with Crippen LogP contribution in [0.15, 0.2) is 97.1 Å². The molecule has 0 aliphatic rings. The lowest BCUT2D eigenvalue weighted by atomic mass is 9.90. The molecule has 222 valence electrons. The summed E-state index contributed by atoms with van der Waals surface area (Å²) in [5.41, 5.74) is 2.41. The van der Waals surface area contributed by atoms with E-state index in [9.17, 15) is 45.5 Å². The lowest BCUT2D eigenvalue weighted by molar-refractivity contribution is -0.170. The molecular formula is C34H20F6O4. The minimum atomic E-state index is -5.14. The Morgan fingerprint density at radius 2 is 0.864 bits per heavy atom. The number of Topliss-reactive ketones (excluding diaryl/α,β-unsaturated/α-hetero) is 4. The van der Waals surface area contributed by atoms with Crippen LogP contribution >= 0.6 is 0 Å². The maximum atomic E-state index is 12.8. The van der Waals surface area contributed by atoms with Crippen LogP contribution in [0.3, 0.4) is 0 Å². The lowest BCUT2D eigenvalue weighted by Gasteiger charge is -2.14. The van der Waals surface area contributed by atoms with E-state index in [2.05, 4.69) is 0 Å². The zero-order valence-corrected chi connectivity index (χ0v) is 22.6. The molecule has 5 aromatic rings. The summed E-state index contributed by atoms with van der Waals surface area (Å²) in [5, 5.41) is 1.83. The van der Waals surface area contributed by atoms with Gasteiger partial charge in [-0.2, -0.15) is 26.3 Å². The van der Waals surface area contributed by atoms with Gasteiger partial charge in [-0.15, -0.1) is 0 Å². The fraction of sp³-hybridized carbons (Fsp3) is 0.118. The highest BCUT2D eigenvalue weighted by Gasteiger charge is 2.40. The van der Waals surface area contributed by atoms with E-state index in [-0.39, 0.29) is 11.1 Å². The molecule has 5 rings (SSSR count). The Morgan fingerprint density at radius 3 is 1.23 bits per heavy atom. The molecule has 5 aromatic carbocycles. The molecule has 0 aromatic heterocycles. The number of carbonyl (C=O) groups excluding carboxylic acids is 4. The molecule has 4 nitrogen and oxygen atoms in total. The summed E-state index contributed by atoms with van der Waals surface area (Å²) in [6, 6.07) is 26.3. The van der Waals surface area contributed by atoms with Crippen LogP contribution in [0, 0.1) is 0 Å². The molecule has 0 atom stereocenters. The first kappa shape index (κ1) is 30.3. The zero-order chi connectivity index (χ0) is 31.8. The number of fused-ring (bicyclic) bond motifs is 2. The third-order valence-corrected chi connectivity index (χ3v) is 7.19. The second-order valence-corrected chi connectivity index (χ2v) is 10.1. The third kappa shape index (κ3) is 6.15. The fourth-order valence-corrected chi connectivity index (χ4v) is 5.04. The number of hydrogen-bond donors (Lipinski definition) is 0. The molecule has 10 heteroatoms. The molecule has 0 aliphatic heterocycles. The predicted molar refractivity (Wildman–Crippen MR) is 152 cm³/mol. The molecule has 0 aliphatic carbocycles. The van der Waals surface area contributed by atoms with E-state index in [1.165, 1.54) is 24.3 Å². The van der Waals surface area contributed by atoms with E-state index < -0.39 is 48.3 Å². The molecule has 0 heterocycles. The summed E-state index contributed by atoms with van der Waals surface area (Å²) in [6.45, 7) is 0. The van der Waals surface area contributed by atoms with Crippen LogP contribution in [0.5, 0.6) is 0 Å². The lowest BCUT2D eigenvalue weighted by Crippen LogP contribution is -2.25. The summed E-state index contributed by atoms with van der Waals surface area (Å²) >= 11 is 0. The summed E-state index contributed by atoms with van der Waals surface area (Å²) in [6.07, 6.45) is -12.9. The van der Waals surface area contributed by atoms with Crippen molar-refractivity contribution in [3.8, 4) is 22.3 Å². The Labute approximate surface area is 245 Å². The van der Waals surface area contributed by atoms with Crippen molar-refractivity contribution in [1.82, 2.24) is 0 Å². The second kappa shape index (κ2) is 11.5. The van der Waals surface area contributed by atoms with E-state index in [0.717, 1.165) is 0 Å². The van der Waals surface area contributed by atoms with Crippen LogP contribution in [0.2, 0.25) is 0 Å². The Hall–Kier alpha value is -5.12. The molecule has 0 amide bonds. The third-order valence-electron chi connectivity index (χ3n) is 7.19. The van der Waals surface area contributed by atoms with Gasteiger partial charge in [-0.25, -0.2) is 0 Å². The number of benzene rings is 5. The average Bonchev–Trinajstić information content (AvgIpc) is 2.98. The maximum absolute atomic E-state index is 12.8. The normalized spacial score (nSPS) is 12.0. The first-order chi connectivity index (χ1) is 20.7. The summed E-state index contributed by atoms with van der Waals surface area (Å²) < 4.78 is 76.9. The molecule has 0 spiro atoms. The van der Waals surface area contributed by atoms with Crippen LogP contribution < -0.4 is 0 Å². The van der Waals surface area contributed by atoms with Crippen LogP contribution in [0.1, 0.15) is 33.6 Å². The van der Waals surface area contributed by atoms with Gasteiger partial charge in [0.15, 0.2) is 11.6 Å². The highest BCUT2D eigenvalue weighted by Crippen LogP contribution is 2.36. The van der Waals surface area contributed by atoms with Crippen molar-refractivity contribution in [3.63, 3.8) is 0 Å². The van der Waals surface area contributed by atoms with Crippen molar-refractivity contribution in [2.75, 3.05) is 0 Å². The van der Waals surface area contributed by atoms with Crippen molar-refractivity contribution in [2.24, 2.45) is 0 Å². The number of halogens is 6. The molecular weight excluding hydrogens is 586 g/mol. The largest absolute Gasteiger partial charge is 0.450 e. The number of ketones is 4. The predicted octanol–water partition coefficient (Wildman–Crippen LogP) is 8.74. The molecule has 44 heavy (non-hydrogen) atoms. The molecule has 0 radical (unpaired) electrons. The van der Waals surface area contributed by atoms with Crippen LogP contribution in [-0.2, 0) is 9.59 Å². The minimum absolute atomic E-state index is 0.0401. The fourth-order valence-electron chi connectivity index (χ4n) is 5.04. The van der Waals surface area contributed by atoms with E-state index in [1.54, 1.807) is 72.8 Å². The van der Waals surface area contributed by atoms with E-state index in [0.29, 0.717) is 43.8 Å². The molecule has 0 N–H and O–H groups in total. The average molecular weight is 607 g/mol. The maximum Gasteiger partial charge on any atom is 0.450 e. The Bertz CT molecular complexity index is 1830. The smallest absolute Gasteiger partial charge is 0.294 e. The first-order valence-corrected chi connectivity index (χ1v) is 13.2. The van der Waals surface area contributed by atoms with E-state index in [4.69, 9.17) is 0 Å². The number of rotatable bonds is 8. The van der Waals surface area contributed by atoms with Crippen LogP contribution in [0.4, 0.5) is 26.3 Å². The Balaban J connectivity index is 1.58. The van der Waals surface area contributed by atoms with Gasteiger partial charge in [-0.3, -0.25) is 19.2 Å². The van der Waals surface area contributed by atoms with Crippen molar-refractivity contribution in [3.05, 3.63) is 108 Å². The van der Waals surface area contributed by atoms with Gasteiger partial charge in [0.2, 0.25) is 11.6 Å². The number of alkyl halides is 6. The van der Waals surface area contributed by atoms with Gasteiger partial charge in [0, 0.05) is 11.1 Å². The Kier molecular flexibility index (Phi) is 7.94. The molecule has 0 bridgehead atoms. The minimum Gasteiger partial charge on any atom is -0.294 e. The van der Waals surface area contributed by atoms with Gasteiger partial charge < -0.3 is 0 Å². The molecule has 0 fully saturated rings. The van der Waals surface area contributed by atoms with Gasteiger partial charge in [0.1, 0.15) is 0 Å². The van der Waals surface area contributed by atoms with E-state index >= 15 is 0 Å². The summed E-state index contributed by atoms with van der Waals surface area (Å²) in [4.78, 5) is 48.5. The molecule has 0 saturated heterocycles. The SMILES string of the molecule is O=C(CC(=O)C(F)(F)F)c1cccc2ccc(-c3ccccc3-c3ccc4cccc(C(=O)CC(=O)C(F)(F)F)c4c3)cc12. The van der Waals surface area contributed by atoms with Gasteiger partial charge in [-0.1, -0.05) is 84.9 Å². The number of carbonyl (C=O) groups is 4. The van der Waals surface area contributed by atoms with Crippen LogP contribution in [0.25, 0.3) is 43.8 Å². The first-order valence-electron chi connectivity index (χ1n) is 13.2. The quantitative estimate of drug-likeness (QED) is 0.101. The van der Waals surface area contributed by atoms with Crippen molar-refractivity contribution >= 4 is 44.7 Å². The van der Waals surface area contributed by atoms with E-state index in [1.807, 2.05) is 0 Å². The standard InChI is InChI=1S/C34H20F6O4/c35-33(36,37)31(43)17-29(41)25-9-3-5-19-11-13-21(15-27(19)25)23-7-1-2-8-24(23)22-14-12-20-6-4-10-26(28(20)16-22)30(42)18-32(44)34(38,39)40/h1-16H,17-18H2. The highest BCUT2D eigenvalue weighted by molar-refractivity contribution is 6.17. The summed E-state index contributed by atoms with van der Waals surface area (Å²) in [7, 11) is 0. The van der Waals surface area contributed by atoms with Gasteiger partial charge in [0.05, 0.1) is 12.8 Å². The van der Waals surface area contributed by atoms with Crippen molar-refractivity contribution in [1.29, 1.82) is 0 Å². The molecule has 0 saturated carbocycles. The topological polar surface area (TPSA) is 68.3 Å². The van der Waals surface area contributed by atoms with Gasteiger partial charge in [-0.05, 0) is 55.9 Å². The van der Waals surface area contributed by atoms with Gasteiger partial charge in [0.25, 0.3) is 0 Å². The van der Waals surface area contributed by atoms with Gasteiger partial charge >= 0.3 is 12.4 Å². The number of hydrogen-bond acceptors (Lipinski definition) is 4. The van der Waals surface area contributed by atoms with Crippen LogP contribution in [-0.4, -0.2) is 35.5 Å². The zero-order valence-electron chi connectivity index (χ0n) is 22.6. The second-order valence-electron chi connectivity index (χ2n) is 10.1. The Morgan fingerprint density at radius 1 is 0.477 bits per heavy atom.